The highest BCUT2D eigenvalue weighted by atomic mass is 32.2. The summed E-state index contributed by atoms with van der Waals surface area (Å²) in [5, 5.41) is 3.02. The third-order valence-corrected chi connectivity index (χ3v) is 4.94. The molecule has 0 atom stereocenters. The second-order valence-electron chi connectivity index (χ2n) is 5.66. The van der Waals surface area contributed by atoms with Gasteiger partial charge in [0.25, 0.3) is 0 Å². The zero-order chi connectivity index (χ0) is 14.0. The summed E-state index contributed by atoms with van der Waals surface area (Å²) in [6.07, 6.45) is 3.31. The lowest BCUT2D eigenvalue weighted by atomic mass is 9.94. The molecule has 1 aliphatic heterocycles. The standard InChI is InChI=1S/C12H24N2O3S/c1-5-12(2,3)13-11(15)10-6-8-14(9-7-10)18(4,16)17/h10H,5-9H2,1-4H3,(H,13,15). The van der Waals surface area contributed by atoms with Gasteiger partial charge in [0, 0.05) is 24.5 Å². The first-order chi connectivity index (χ1) is 8.15. The van der Waals surface area contributed by atoms with Gasteiger partial charge in [-0.2, -0.15) is 0 Å². The van der Waals surface area contributed by atoms with Crippen LogP contribution in [0.1, 0.15) is 40.0 Å². The molecule has 6 heteroatoms. The number of carbonyl (C=O) groups is 1. The van der Waals surface area contributed by atoms with Gasteiger partial charge >= 0.3 is 0 Å². The number of amides is 1. The maximum Gasteiger partial charge on any atom is 0.223 e. The van der Waals surface area contributed by atoms with Crippen LogP contribution in [-0.4, -0.2) is 43.5 Å². The van der Waals surface area contributed by atoms with Crippen molar-refractivity contribution in [3.8, 4) is 0 Å². The first-order valence-electron chi connectivity index (χ1n) is 6.43. The fourth-order valence-electron chi connectivity index (χ4n) is 1.97. The van der Waals surface area contributed by atoms with Crippen LogP contribution in [0.15, 0.2) is 0 Å². The predicted molar refractivity (Wildman–Crippen MR) is 71.7 cm³/mol. The second-order valence-corrected chi connectivity index (χ2v) is 7.65. The molecule has 1 rings (SSSR count). The molecule has 1 amide bonds. The van der Waals surface area contributed by atoms with Gasteiger partial charge in [-0.25, -0.2) is 12.7 Å². The predicted octanol–water partition coefficient (Wildman–Crippen LogP) is 0.963. The van der Waals surface area contributed by atoms with Crippen molar-refractivity contribution in [2.24, 2.45) is 5.92 Å². The lowest BCUT2D eigenvalue weighted by molar-refractivity contribution is -0.127. The van der Waals surface area contributed by atoms with Crippen molar-refractivity contribution < 1.29 is 13.2 Å². The number of nitrogens with one attached hydrogen (secondary N) is 1. The second kappa shape index (κ2) is 5.57. The van der Waals surface area contributed by atoms with Crippen LogP contribution < -0.4 is 5.32 Å². The SMILES string of the molecule is CCC(C)(C)NC(=O)C1CCN(S(C)(=O)=O)CC1. The van der Waals surface area contributed by atoms with E-state index in [9.17, 15) is 13.2 Å². The van der Waals surface area contributed by atoms with Gasteiger partial charge in [-0.3, -0.25) is 4.79 Å². The Labute approximate surface area is 110 Å². The minimum absolute atomic E-state index is 0.0509. The Kier molecular flexibility index (Phi) is 4.78. The fourth-order valence-corrected chi connectivity index (χ4v) is 2.85. The zero-order valence-corrected chi connectivity index (χ0v) is 12.5. The van der Waals surface area contributed by atoms with Crippen LogP contribution >= 0.6 is 0 Å². The Morgan fingerprint density at radius 3 is 2.22 bits per heavy atom. The van der Waals surface area contributed by atoms with E-state index in [1.807, 2.05) is 20.8 Å². The summed E-state index contributed by atoms with van der Waals surface area (Å²) in [4.78, 5) is 12.0. The zero-order valence-electron chi connectivity index (χ0n) is 11.7. The van der Waals surface area contributed by atoms with E-state index < -0.39 is 10.0 Å². The third kappa shape index (κ3) is 4.24. The largest absolute Gasteiger partial charge is 0.351 e. The first kappa shape index (κ1) is 15.4. The average Bonchev–Trinajstić information content (AvgIpc) is 2.27. The van der Waals surface area contributed by atoms with Crippen molar-refractivity contribution in [3.63, 3.8) is 0 Å². The summed E-state index contributed by atoms with van der Waals surface area (Å²) in [6, 6.07) is 0. The Morgan fingerprint density at radius 2 is 1.83 bits per heavy atom. The van der Waals surface area contributed by atoms with E-state index in [1.165, 1.54) is 10.6 Å². The Bertz CT molecular complexity index is 396. The summed E-state index contributed by atoms with van der Waals surface area (Å²) in [5.41, 5.74) is -0.189. The van der Waals surface area contributed by atoms with Crippen molar-refractivity contribution in [3.05, 3.63) is 0 Å². The van der Waals surface area contributed by atoms with E-state index >= 15 is 0 Å². The van der Waals surface area contributed by atoms with Crippen LogP contribution in [0.3, 0.4) is 0 Å². The molecule has 1 N–H and O–H groups in total. The number of nitrogens with zero attached hydrogens (tertiary/aromatic N) is 1. The summed E-state index contributed by atoms with van der Waals surface area (Å²) < 4.78 is 24.2. The highest BCUT2D eigenvalue weighted by molar-refractivity contribution is 7.88. The molecule has 1 saturated heterocycles. The highest BCUT2D eigenvalue weighted by Crippen LogP contribution is 2.20. The van der Waals surface area contributed by atoms with Crippen LogP contribution in [0, 0.1) is 5.92 Å². The quantitative estimate of drug-likeness (QED) is 0.832. The van der Waals surface area contributed by atoms with Crippen molar-refractivity contribution in [2.45, 2.75) is 45.6 Å². The molecule has 0 aromatic carbocycles. The smallest absolute Gasteiger partial charge is 0.223 e. The van der Waals surface area contributed by atoms with E-state index in [0.717, 1.165) is 6.42 Å². The molecule has 0 radical (unpaired) electrons. The van der Waals surface area contributed by atoms with E-state index in [2.05, 4.69) is 5.32 Å². The molecule has 0 bridgehead atoms. The van der Waals surface area contributed by atoms with Crippen molar-refractivity contribution in [2.75, 3.05) is 19.3 Å². The number of sulfonamides is 1. The molecule has 0 saturated carbocycles. The van der Waals surface area contributed by atoms with E-state index in [-0.39, 0.29) is 17.4 Å². The topological polar surface area (TPSA) is 66.5 Å². The molecule has 0 aliphatic carbocycles. The van der Waals surface area contributed by atoms with Gasteiger partial charge in [-0.1, -0.05) is 6.92 Å². The highest BCUT2D eigenvalue weighted by Gasteiger charge is 2.30. The molecule has 0 unspecified atom stereocenters. The molecular weight excluding hydrogens is 252 g/mol. The van der Waals surface area contributed by atoms with Gasteiger partial charge in [0.1, 0.15) is 0 Å². The monoisotopic (exact) mass is 276 g/mol. The summed E-state index contributed by atoms with van der Waals surface area (Å²) >= 11 is 0. The van der Waals surface area contributed by atoms with Crippen molar-refractivity contribution in [1.29, 1.82) is 0 Å². The minimum atomic E-state index is -3.11. The molecule has 0 spiro atoms. The van der Waals surface area contributed by atoms with E-state index in [1.54, 1.807) is 0 Å². The molecule has 1 aliphatic rings. The third-order valence-electron chi connectivity index (χ3n) is 3.64. The lowest BCUT2D eigenvalue weighted by Crippen LogP contribution is -2.48. The normalized spacial score (nSPS) is 19.8. The molecule has 0 aromatic rings. The maximum atomic E-state index is 12.0. The van der Waals surface area contributed by atoms with Crippen LogP contribution in [-0.2, 0) is 14.8 Å². The Morgan fingerprint density at radius 1 is 1.33 bits per heavy atom. The lowest BCUT2D eigenvalue weighted by Gasteiger charge is -2.32. The molecule has 5 nitrogen and oxygen atoms in total. The van der Waals surface area contributed by atoms with Gasteiger partial charge in [0.2, 0.25) is 15.9 Å². The molecule has 18 heavy (non-hydrogen) atoms. The van der Waals surface area contributed by atoms with Crippen LogP contribution in [0.25, 0.3) is 0 Å². The van der Waals surface area contributed by atoms with Gasteiger partial charge in [-0.05, 0) is 33.1 Å². The van der Waals surface area contributed by atoms with Crippen LogP contribution in [0.4, 0.5) is 0 Å². The summed E-state index contributed by atoms with van der Waals surface area (Å²) in [7, 11) is -3.11. The van der Waals surface area contributed by atoms with Gasteiger partial charge in [0.15, 0.2) is 0 Å². The number of rotatable bonds is 4. The van der Waals surface area contributed by atoms with E-state index in [4.69, 9.17) is 0 Å². The van der Waals surface area contributed by atoms with Gasteiger partial charge < -0.3 is 5.32 Å². The molecular formula is C12H24N2O3S. The molecule has 1 fully saturated rings. The molecule has 0 aromatic heterocycles. The van der Waals surface area contributed by atoms with E-state index in [0.29, 0.717) is 25.9 Å². The summed E-state index contributed by atoms with van der Waals surface area (Å²) in [5.74, 6) is -0.0103. The van der Waals surface area contributed by atoms with Crippen molar-refractivity contribution in [1.82, 2.24) is 9.62 Å². The minimum Gasteiger partial charge on any atom is -0.351 e. The van der Waals surface area contributed by atoms with Crippen LogP contribution in [0.2, 0.25) is 0 Å². The molecule has 1 heterocycles. The van der Waals surface area contributed by atoms with Gasteiger partial charge in [-0.15, -0.1) is 0 Å². The number of hydrogen-bond acceptors (Lipinski definition) is 3. The summed E-state index contributed by atoms with van der Waals surface area (Å²) in [6.45, 7) is 6.92. The average molecular weight is 276 g/mol. The Hall–Kier alpha value is -0.620. The van der Waals surface area contributed by atoms with Crippen molar-refractivity contribution >= 4 is 15.9 Å². The number of piperidine rings is 1. The maximum absolute atomic E-state index is 12.0. The fraction of sp³-hybridized carbons (Fsp3) is 0.917. The van der Waals surface area contributed by atoms with Gasteiger partial charge in [0.05, 0.1) is 6.26 Å². The first-order valence-corrected chi connectivity index (χ1v) is 8.27. The number of hydrogen-bond donors (Lipinski definition) is 1. The van der Waals surface area contributed by atoms with Crippen LogP contribution in [0.5, 0.6) is 0 Å². The number of carbonyl (C=O) groups excluding carboxylic acids is 1. The molecule has 106 valence electrons. The Balaban J connectivity index is 2.51.